The van der Waals surface area contributed by atoms with E-state index in [2.05, 4.69) is 168 Å². The van der Waals surface area contributed by atoms with Gasteiger partial charge in [-0.25, -0.2) is 9.98 Å². The molecule has 0 fully saturated rings. The third kappa shape index (κ3) is 5.18. The van der Waals surface area contributed by atoms with Gasteiger partial charge in [0.15, 0.2) is 5.84 Å². The van der Waals surface area contributed by atoms with Gasteiger partial charge in [0.25, 0.3) is 0 Å². The molecule has 57 heavy (non-hydrogen) atoms. The number of hydrogen-bond donors (Lipinski definition) is 1. The lowest BCUT2D eigenvalue weighted by Gasteiger charge is -2.23. The largest absolute Gasteiger partial charge is 0.344 e. The first-order valence-electron chi connectivity index (χ1n) is 19.2. The zero-order valence-electron chi connectivity index (χ0n) is 30.6. The minimum absolute atomic E-state index is 0.238. The average Bonchev–Trinajstić information content (AvgIpc) is 3.96. The fourth-order valence-corrected chi connectivity index (χ4v) is 11.1. The molecule has 0 saturated carbocycles. The highest BCUT2D eigenvalue weighted by Gasteiger charge is 2.22. The Hall–Kier alpha value is -6.86. The summed E-state index contributed by atoms with van der Waals surface area (Å²) in [7, 11) is 0. The van der Waals surface area contributed by atoms with E-state index in [-0.39, 0.29) is 6.17 Å². The maximum atomic E-state index is 5.15. The van der Waals surface area contributed by atoms with Crippen LogP contribution in [0.1, 0.15) is 22.9 Å². The van der Waals surface area contributed by atoms with Crippen molar-refractivity contribution < 1.29 is 0 Å². The predicted molar refractivity (Wildman–Crippen MR) is 244 cm³/mol. The maximum Gasteiger partial charge on any atom is 0.159 e. The Balaban J connectivity index is 0.981. The van der Waals surface area contributed by atoms with E-state index in [1.165, 1.54) is 79.0 Å². The Morgan fingerprint density at radius 2 is 1.02 bits per heavy atom. The van der Waals surface area contributed by atoms with E-state index >= 15 is 0 Å². The van der Waals surface area contributed by atoms with Crippen LogP contribution in [0.4, 0.5) is 0 Å². The molecule has 1 aliphatic heterocycles. The normalized spacial score (nSPS) is 14.5. The minimum atomic E-state index is -0.238. The summed E-state index contributed by atoms with van der Waals surface area (Å²) in [6, 6.07) is 65.4. The monoisotopic (exact) mass is 764 g/mol. The second-order valence-corrected chi connectivity index (χ2v) is 16.7. The number of thiophene rings is 2. The highest BCUT2D eigenvalue weighted by molar-refractivity contribution is 7.27. The summed E-state index contributed by atoms with van der Waals surface area (Å²) in [6.45, 7) is 0. The number of fused-ring (bicyclic) bond motifs is 9. The highest BCUT2D eigenvalue weighted by Crippen LogP contribution is 2.46. The van der Waals surface area contributed by atoms with Crippen molar-refractivity contribution in [3.63, 3.8) is 0 Å². The Morgan fingerprint density at radius 1 is 0.456 bits per heavy atom. The third-order valence-electron chi connectivity index (χ3n) is 11.3. The van der Waals surface area contributed by atoms with Gasteiger partial charge in [-0.3, -0.25) is 0 Å². The SMILES string of the molecule is c1ccc(C2=NC(c3ccc4c(c3)sc3c(-c5cccc6c5sc5cc(-n7c8ccccc8c8ccccc87)ccc56)cccc34)=NC(c3ccccc3)N2)cc1. The molecule has 6 heteroatoms. The molecule has 0 radical (unpaired) electrons. The fourth-order valence-electron chi connectivity index (χ4n) is 8.62. The third-order valence-corrected chi connectivity index (χ3v) is 13.7. The van der Waals surface area contributed by atoms with Crippen molar-refractivity contribution in [3.8, 4) is 16.8 Å². The molecular formula is C51H32N4S2. The zero-order valence-corrected chi connectivity index (χ0v) is 32.2. The second-order valence-electron chi connectivity index (χ2n) is 14.6. The first kappa shape index (κ1) is 32.4. The van der Waals surface area contributed by atoms with Crippen LogP contribution in [0.5, 0.6) is 0 Å². The van der Waals surface area contributed by atoms with E-state index in [0.717, 1.165) is 28.4 Å². The molecule has 1 unspecified atom stereocenters. The molecule has 3 aromatic heterocycles. The number of amidine groups is 2. The molecular weight excluding hydrogens is 733 g/mol. The molecule has 0 saturated heterocycles. The molecule has 4 nitrogen and oxygen atoms in total. The van der Waals surface area contributed by atoms with E-state index in [9.17, 15) is 0 Å². The summed E-state index contributed by atoms with van der Waals surface area (Å²) in [5.74, 6) is 1.56. The molecule has 1 aliphatic rings. The summed E-state index contributed by atoms with van der Waals surface area (Å²) in [4.78, 5) is 10.2. The van der Waals surface area contributed by atoms with Crippen molar-refractivity contribution in [3.05, 3.63) is 199 Å². The zero-order chi connectivity index (χ0) is 37.5. The average molecular weight is 765 g/mol. The Labute approximate surface area is 336 Å². The van der Waals surface area contributed by atoms with Gasteiger partial charge >= 0.3 is 0 Å². The van der Waals surface area contributed by atoms with Gasteiger partial charge in [0.2, 0.25) is 0 Å². The van der Waals surface area contributed by atoms with E-state index in [0.29, 0.717) is 0 Å². The van der Waals surface area contributed by atoms with Crippen LogP contribution in [0, 0.1) is 0 Å². The van der Waals surface area contributed by atoms with E-state index in [4.69, 9.17) is 9.98 Å². The maximum absolute atomic E-state index is 5.15. The first-order valence-corrected chi connectivity index (χ1v) is 20.8. The highest BCUT2D eigenvalue weighted by atomic mass is 32.1. The van der Waals surface area contributed by atoms with Crippen LogP contribution in [0.15, 0.2) is 192 Å². The number of para-hydroxylation sites is 2. The van der Waals surface area contributed by atoms with Crippen LogP contribution in [0.25, 0.3) is 79.0 Å². The number of rotatable bonds is 5. The van der Waals surface area contributed by atoms with Crippen LogP contribution in [-0.2, 0) is 0 Å². The Kier molecular flexibility index (Phi) is 7.30. The molecule has 268 valence electrons. The van der Waals surface area contributed by atoms with Gasteiger partial charge < -0.3 is 9.88 Å². The van der Waals surface area contributed by atoms with Gasteiger partial charge in [0.1, 0.15) is 12.0 Å². The van der Waals surface area contributed by atoms with Crippen LogP contribution < -0.4 is 5.32 Å². The van der Waals surface area contributed by atoms with Gasteiger partial charge in [-0.1, -0.05) is 152 Å². The number of nitrogens with zero attached hydrogens (tertiary/aromatic N) is 3. The van der Waals surface area contributed by atoms with Gasteiger partial charge in [-0.15, -0.1) is 22.7 Å². The first-order chi connectivity index (χ1) is 28.2. The Morgan fingerprint density at radius 3 is 1.68 bits per heavy atom. The van der Waals surface area contributed by atoms with E-state index in [1.807, 2.05) is 46.9 Å². The molecule has 1 atom stereocenters. The molecule has 4 heterocycles. The minimum Gasteiger partial charge on any atom is -0.344 e. The number of nitrogens with one attached hydrogen (secondary N) is 1. The van der Waals surface area contributed by atoms with Crippen LogP contribution in [-0.4, -0.2) is 16.2 Å². The summed E-state index contributed by atoms with van der Waals surface area (Å²) in [5, 5.41) is 11.3. The number of aliphatic imine (C=N–C) groups is 2. The molecule has 0 spiro atoms. The number of aromatic nitrogens is 1. The summed E-state index contributed by atoms with van der Waals surface area (Å²) in [6.07, 6.45) is -0.238. The summed E-state index contributed by atoms with van der Waals surface area (Å²) in [5.41, 5.74) is 9.33. The second kappa shape index (κ2) is 12.8. The van der Waals surface area contributed by atoms with Crippen molar-refractivity contribution in [2.75, 3.05) is 0 Å². The van der Waals surface area contributed by atoms with Crippen molar-refractivity contribution in [1.29, 1.82) is 0 Å². The number of benzene rings is 8. The molecule has 0 amide bonds. The van der Waals surface area contributed by atoms with Crippen molar-refractivity contribution >= 4 is 96.5 Å². The van der Waals surface area contributed by atoms with Gasteiger partial charge in [0, 0.05) is 79.1 Å². The van der Waals surface area contributed by atoms with Crippen LogP contribution in [0.3, 0.4) is 0 Å². The summed E-state index contributed by atoms with van der Waals surface area (Å²) >= 11 is 3.75. The quantitative estimate of drug-likeness (QED) is 0.186. The van der Waals surface area contributed by atoms with Gasteiger partial charge in [0.05, 0.1) is 11.0 Å². The summed E-state index contributed by atoms with van der Waals surface area (Å²) < 4.78 is 7.53. The molecule has 8 aromatic carbocycles. The molecule has 0 bridgehead atoms. The van der Waals surface area contributed by atoms with Crippen molar-refractivity contribution in [2.45, 2.75) is 6.17 Å². The molecule has 0 aliphatic carbocycles. The van der Waals surface area contributed by atoms with Crippen molar-refractivity contribution in [2.24, 2.45) is 9.98 Å². The fraction of sp³-hybridized carbons (Fsp3) is 0.0196. The number of hydrogen-bond acceptors (Lipinski definition) is 5. The predicted octanol–water partition coefficient (Wildman–Crippen LogP) is 13.7. The van der Waals surface area contributed by atoms with Gasteiger partial charge in [-0.05, 0) is 35.9 Å². The smallest absolute Gasteiger partial charge is 0.159 e. The lowest BCUT2D eigenvalue weighted by atomic mass is 10.00. The molecule has 11 aromatic rings. The van der Waals surface area contributed by atoms with Crippen LogP contribution in [0.2, 0.25) is 0 Å². The van der Waals surface area contributed by atoms with Crippen molar-refractivity contribution in [1.82, 2.24) is 9.88 Å². The van der Waals surface area contributed by atoms with E-state index < -0.39 is 0 Å². The topological polar surface area (TPSA) is 41.7 Å². The Bertz CT molecular complexity index is 3390. The molecule has 1 N–H and O–H groups in total. The molecule has 12 rings (SSSR count). The van der Waals surface area contributed by atoms with Gasteiger partial charge in [-0.2, -0.15) is 0 Å². The lowest BCUT2D eigenvalue weighted by Crippen LogP contribution is -2.33. The lowest BCUT2D eigenvalue weighted by molar-refractivity contribution is 0.674. The standard InChI is InChI=1S/C51H32N4S2/c1-3-13-31(14-4-1)49-52-50(32-15-5-2-6-16-32)54-51(53-49)33-25-27-37-39-19-11-21-41(47(39)56-45(37)29-33)42-22-12-20-40-38-28-26-34(30-46(38)57-48(40)42)55-43-23-9-7-17-35(43)36-18-8-10-24-44(36)55/h1-30,49H,(H,52,53,54). The van der Waals surface area contributed by atoms with E-state index in [1.54, 1.807) is 0 Å². The van der Waals surface area contributed by atoms with Crippen LogP contribution >= 0.6 is 22.7 Å².